The molecule has 0 radical (unpaired) electrons. The first kappa shape index (κ1) is 12.9. The summed E-state index contributed by atoms with van der Waals surface area (Å²) in [5, 5.41) is 4.27. The Bertz CT molecular complexity index is 931. The molecule has 0 unspecified atom stereocenters. The summed E-state index contributed by atoms with van der Waals surface area (Å²) < 4.78 is 5.89. The zero-order valence-corrected chi connectivity index (χ0v) is 10.9. The first-order valence-corrected chi connectivity index (χ1v) is 6.24. The maximum atomic E-state index is 12.2. The number of aromatic amines is 1. The van der Waals surface area contributed by atoms with Crippen LogP contribution in [-0.4, -0.2) is 15.9 Å². The molecule has 0 saturated heterocycles. The molecule has 0 bridgehead atoms. The average molecular weight is 281 g/mol. The standard InChI is InChI=1S/C15H11N3O3/c19-14-12-7-1-2-8-13(12)17-15(20)18(14)16-9-3-5-11-6-4-10-21-11/h1-10H,(H,17,20)/b5-3+,16-9?. The Labute approximate surface area is 118 Å². The van der Waals surface area contributed by atoms with Crippen molar-refractivity contribution >= 4 is 23.2 Å². The maximum Gasteiger partial charge on any atom is 0.349 e. The number of H-pyrrole nitrogens is 1. The molecule has 6 heteroatoms. The summed E-state index contributed by atoms with van der Waals surface area (Å²) in [4.78, 5) is 26.6. The smallest absolute Gasteiger partial charge is 0.349 e. The van der Waals surface area contributed by atoms with Gasteiger partial charge in [-0.3, -0.25) is 4.79 Å². The lowest BCUT2D eigenvalue weighted by molar-refractivity contribution is 0.557. The molecule has 0 spiro atoms. The molecule has 0 saturated carbocycles. The van der Waals surface area contributed by atoms with Crippen LogP contribution in [0.15, 0.2) is 67.8 Å². The second-order valence-electron chi connectivity index (χ2n) is 4.23. The van der Waals surface area contributed by atoms with Gasteiger partial charge >= 0.3 is 5.69 Å². The molecular formula is C15H11N3O3. The fraction of sp³-hybridized carbons (Fsp3) is 0. The van der Waals surface area contributed by atoms with E-state index in [0.717, 1.165) is 4.68 Å². The van der Waals surface area contributed by atoms with Crippen LogP contribution in [0.1, 0.15) is 5.76 Å². The Morgan fingerprint density at radius 1 is 1.14 bits per heavy atom. The number of nitrogens with one attached hydrogen (secondary N) is 1. The van der Waals surface area contributed by atoms with Crippen LogP contribution < -0.4 is 11.2 Å². The SMILES string of the molecule is O=c1[nH]c2ccccc2c(=O)n1N=C/C=C/c1ccco1. The Hall–Kier alpha value is -3.15. The molecule has 0 amide bonds. The van der Waals surface area contributed by atoms with Gasteiger partial charge < -0.3 is 9.40 Å². The van der Waals surface area contributed by atoms with Crippen LogP contribution in [0.4, 0.5) is 0 Å². The van der Waals surface area contributed by atoms with E-state index in [4.69, 9.17) is 4.42 Å². The van der Waals surface area contributed by atoms with E-state index < -0.39 is 11.2 Å². The fourth-order valence-electron chi connectivity index (χ4n) is 1.89. The number of rotatable bonds is 3. The van der Waals surface area contributed by atoms with Gasteiger partial charge in [-0.2, -0.15) is 5.10 Å². The highest BCUT2D eigenvalue weighted by atomic mass is 16.3. The average Bonchev–Trinajstić information content (AvgIpc) is 2.99. The highest BCUT2D eigenvalue weighted by Crippen LogP contribution is 2.03. The summed E-state index contributed by atoms with van der Waals surface area (Å²) in [7, 11) is 0. The Kier molecular flexibility index (Phi) is 3.34. The summed E-state index contributed by atoms with van der Waals surface area (Å²) in [6, 6.07) is 10.3. The zero-order valence-electron chi connectivity index (χ0n) is 10.9. The minimum Gasteiger partial charge on any atom is -0.465 e. The predicted octanol–water partition coefficient (Wildman–Crippen LogP) is 1.83. The number of hydrogen-bond acceptors (Lipinski definition) is 4. The maximum absolute atomic E-state index is 12.2. The van der Waals surface area contributed by atoms with Gasteiger partial charge in [-0.1, -0.05) is 12.1 Å². The molecule has 104 valence electrons. The predicted molar refractivity (Wildman–Crippen MR) is 80.5 cm³/mol. The third-order valence-corrected chi connectivity index (χ3v) is 2.86. The molecule has 3 rings (SSSR count). The Balaban J connectivity index is 1.97. The quantitative estimate of drug-likeness (QED) is 0.744. The van der Waals surface area contributed by atoms with E-state index in [-0.39, 0.29) is 0 Å². The van der Waals surface area contributed by atoms with E-state index >= 15 is 0 Å². The number of aromatic nitrogens is 2. The van der Waals surface area contributed by atoms with Crippen LogP contribution in [0.2, 0.25) is 0 Å². The summed E-state index contributed by atoms with van der Waals surface area (Å²) in [6.07, 6.45) is 6.16. The molecule has 0 aliphatic carbocycles. The Morgan fingerprint density at radius 3 is 2.81 bits per heavy atom. The molecule has 6 nitrogen and oxygen atoms in total. The molecular weight excluding hydrogens is 270 g/mol. The minimum atomic E-state index is -0.582. The van der Waals surface area contributed by atoms with Crippen LogP contribution in [0.3, 0.4) is 0 Å². The largest absolute Gasteiger partial charge is 0.465 e. The van der Waals surface area contributed by atoms with E-state index in [0.29, 0.717) is 16.7 Å². The van der Waals surface area contributed by atoms with Crippen LogP contribution >= 0.6 is 0 Å². The second kappa shape index (κ2) is 5.46. The molecule has 1 N–H and O–H groups in total. The molecule has 21 heavy (non-hydrogen) atoms. The first-order valence-electron chi connectivity index (χ1n) is 6.24. The highest BCUT2D eigenvalue weighted by Gasteiger charge is 2.04. The molecule has 2 heterocycles. The molecule has 0 atom stereocenters. The van der Waals surface area contributed by atoms with Crippen molar-refractivity contribution in [2.24, 2.45) is 5.10 Å². The number of fused-ring (bicyclic) bond motifs is 1. The summed E-state index contributed by atoms with van der Waals surface area (Å²) in [6.45, 7) is 0. The van der Waals surface area contributed by atoms with Gasteiger partial charge in [0.05, 0.1) is 17.2 Å². The van der Waals surface area contributed by atoms with E-state index in [1.54, 1.807) is 54.8 Å². The molecule has 1 aromatic carbocycles. The van der Waals surface area contributed by atoms with Crippen LogP contribution in [-0.2, 0) is 0 Å². The van der Waals surface area contributed by atoms with Gasteiger partial charge in [0.15, 0.2) is 0 Å². The van der Waals surface area contributed by atoms with E-state index in [1.165, 1.54) is 6.21 Å². The monoisotopic (exact) mass is 281 g/mol. The third kappa shape index (κ3) is 2.59. The van der Waals surface area contributed by atoms with Gasteiger partial charge in [-0.05, 0) is 36.4 Å². The van der Waals surface area contributed by atoms with Crippen molar-refractivity contribution in [3.05, 3.63) is 75.3 Å². The van der Waals surface area contributed by atoms with Crippen molar-refractivity contribution in [3.8, 4) is 0 Å². The number of benzene rings is 1. The van der Waals surface area contributed by atoms with Crippen molar-refractivity contribution in [2.45, 2.75) is 0 Å². The first-order chi connectivity index (χ1) is 10.3. The molecule has 2 aromatic heterocycles. The Morgan fingerprint density at radius 2 is 2.00 bits per heavy atom. The van der Waals surface area contributed by atoms with Crippen LogP contribution in [0, 0.1) is 0 Å². The molecule has 3 aromatic rings. The normalized spacial score (nSPS) is 11.8. The summed E-state index contributed by atoms with van der Waals surface area (Å²) >= 11 is 0. The van der Waals surface area contributed by atoms with Crippen molar-refractivity contribution in [1.29, 1.82) is 0 Å². The van der Waals surface area contributed by atoms with Gasteiger partial charge in [-0.15, -0.1) is 4.68 Å². The summed E-state index contributed by atoms with van der Waals surface area (Å²) in [5.41, 5.74) is -0.552. The lowest BCUT2D eigenvalue weighted by atomic mass is 10.2. The van der Waals surface area contributed by atoms with Crippen molar-refractivity contribution < 1.29 is 4.42 Å². The van der Waals surface area contributed by atoms with Crippen LogP contribution in [0.5, 0.6) is 0 Å². The molecule has 0 aliphatic heterocycles. The van der Waals surface area contributed by atoms with Gasteiger partial charge in [-0.25, -0.2) is 4.79 Å². The lowest BCUT2D eigenvalue weighted by Crippen LogP contribution is -2.32. The van der Waals surface area contributed by atoms with Crippen molar-refractivity contribution in [3.63, 3.8) is 0 Å². The van der Waals surface area contributed by atoms with Gasteiger partial charge in [0.25, 0.3) is 5.56 Å². The van der Waals surface area contributed by atoms with Gasteiger partial charge in [0.2, 0.25) is 0 Å². The second-order valence-corrected chi connectivity index (χ2v) is 4.23. The van der Waals surface area contributed by atoms with Crippen molar-refractivity contribution in [2.75, 3.05) is 0 Å². The van der Waals surface area contributed by atoms with E-state index in [1.807, 2.05) is 0 Å². The van der Waals surface area contributed by atoms with Crippen molar-refractivity contribution in [1.82, 2.24) is 9.66 Å². The topological polar surface area (TPSA) is 80.4 Å². The zero-order chi connectivity index (χ0) is 14.7. The number of nitrogens with zero attached hydrogens (tertiary/aromatic N) is 2. The number of hydrogen-bond donors (Lipinski definition) is 1. The number of furan rings is 1. The third-order valence-electron chi connectivity index (χ3n) is 2.86. The molecule has 0 fully saturated rings. The lowest BCUT2D eigenvalue weighted by Gasteiger charge is -1.99. The number of allylic oxidation sites excluding steroid dienone is 1. The number of para-hydroxylation sites is 1. The van der Waals surface area contributed by atoms with E-state index in [2.05, 4.69) is 10.1 Å². The van der Waals surface area contributed by atoms with E-state index in [9.17, 15) is 9.59 Å². The minimum absolute atomic E-state index is 0.407. The molecule has 0 aliphatic rings. The highest BCUT2D eigenvalue weighted by molar-refractivity contribution is 5.78. The van der Waals surface area contributed by atoms with Crippen LogP contribution in [0.25, 0.3) is 17.0 Å². The van der Waals surface area contributed by atoms with Gasteiger partial charge in [0, 0.05) is 6.21 Å². The fourth-order valence-corrected chi connectivity index (χ4v) is 1.89. The van der Waals surface area contributed by atoms with Gasteiger partial charge in [0.1, 0.15) is 5.76 Å². The summed E-state index contributed by atoms with van der Waals surface area (Å²) in [5.74, 6) is 0.654.